The van der Waals surface area contributed by atoms with Gasteiger partial charge in [0.1, 0.15) is 0 Å². The Morgan fingerprint density at radius 1 is 0.341 bits per heavy atom. The molecule has 0 aromatic rings. The van der Waals surface area contributed by atoms with Gasteiger partial charge < -0.3 is 4.74 Å². The second kappa shape index (κ2) is 42.0. The standard InChI is InChI=1S/C36H70O3.Ba.Ca.4H/c1-3-5-7-9-11-13-15-17-19-21-23-25-27-29-31-33-35(37)39-36(38)34-32-30-28-26-24-22-20-18-16-14-12-10-8-6-4-2;;;;;;/h3-34H2,1-2H3;;;;;;. The van der Waals surface area contributed by atoms with E-state index in [1.54, 1.807) is 0 Å². The van der Waals surface area contributed by atoms with Crippen molar-refractivity contribution >= 4 is 98.6 Å². The van der Waals surface area contributed by atoms with E-state index in [2.05, 4.69) is 13.8 Å². The second-order valence-electron chi connectivity index (χ2n) is 12.2. The van der Waals surface area contributed by atoms with Gasteiger partial charge >= 0.3 is 98.6 Å². The number of unbranched alkanes of at least 4 members (excludes halogenated alkanes) is 28. The summed E-state index contributed by atoms with van der Waals surface area (Å²) in [5, 5.41) is 0. The summed E-state index contributed by atoms with van der Waals surface area (Å²) in [6, 6.07) is 0. The molecular weight excluding hydrogens is 658 g/mol. The number of ether oxygens (including phenoxy) is 1. The van der Waals surface area contributed by atoms with Crippen LogP contribution in [-0.2, 0) is 14.3 Å². The van der Waals surface area contributed by atoms with Gasteiger partial charge in [0.25, 0.3) is 0 Å². The Balaban J connectivity index is -0.00000722. The Hall–Kier alpha value is 1.97. The summed E-state index contributed by atoms with van der Waals surface area (Å²) in [6.45, 7) is 4.55. The van der Waals surface area contributed by atoms with Crippen molar-refractivity contribution in [2.75, 3.05) is 0 Å². The maximum absolute atomic E-state index is 11.9. The maximum atomic E-state index is 11.9. The average molecular weight is 732 g/mol. The number of hydrogen-bond acceptors (Lipinski definition) is 3. The minimum absolute atomic E-state index is 0. The van der Waals surface area contributed by atoms with Crippen molar-refractivity contribution in [3.63, 3.8) is 0 Å². The molecule has 5 heteroatoms. The summed E-state index contributed by atoms with van der Waals surface area (Å²) < 4.78 is 5.01. The third kappa shape index (κ3) is 42.0. The molecule has 0 atom stereocenters. The molecule has 0 fully saturated rings. The van der Waals surface area contributed by atoms with Crippen molar-refractivity contribution in [2.24, 2.45) is 0 Å². The monoisotopic (exact) mass is 732 g/mol. The zero-order valence-electron chi connectivity index (χ0n) is 26.9. The van der Waals surface area contributed by atoms with E-state index in [0.717, 1.165) is 25.7 Å². The molecule has 0 saturated heterocycles. The number of rotatable bonds is 32. The van der Waals surface area contributed by atoms with E-state index in [9.17, 15) is 9.59 Å². The molecule has 0 radical (unpaired) electrons. The van der Waals surface area contributed by atoms with E-state index in [0.29, 0.717) is 12.8 Å². The second-order valence-corrected chi connectivity index (χ2v) is 12.2. The summed E-state index contributed by atoms with van der Waals surface area (Å²) in [5.41, 5.74) is 0. The number of carbonyl (C=O) groups is 2. The fraction of sp³-hybridized carbons (Fsp3) is 0.944. The summed E-state index contributed by atoms with van der Waals surface area (Å²) in [7, 11) is 0. The molecule has 0 aromatic heterocycles. The first kappa shape index (κ1) is 47.4. The van der Waals surface area contributed by atoms with Gasteiger partial charge in [-0.05, 0) is 12.8 Å². The van der Waals surface area contributed by atoms with Gasteiger partial charge in [-0.3, -0.25) is 9.59 Å². The molecule has 0 saturated carbocycles. The van der Waals surface area contributed by atoms with Gasteiger partial charge in [0.15, 0.2) is 0 Å². The van der Waals surface area contributed by atoms with Crippen LogP contribution < -0.4 is 0 Å². The van der Waals surface area contributed by atoms with E-state index >= 15 is 0 Å². The van der Waals surface area contributed by atoms with Crippen molar-refractivity contribution in [2.45, 2.75) is 219 Å². The first-order chi connectivity index (χ1) is 19.2. The molecular formula is C36H74BaCaO3. The van der Waals surface area contributed by atoms with Gasteiger partial charge in [0, 0.05) is 12.8 Å². The van der Waals surface area contributed by atoms with Gasteiger partial charge in [0.05, 0.1) is 0 Å². The van der Waals surface area contributed by atoms with Crippen LogP contribution in [0.3, 0.4) is 0 Å². The molecule has 0 bridgehead atoms. The molecule has 3 nitrogen and oxygen atoms in total. The van der Waals surface area contributed by atoms with Crippen LogP contribution in [0.2, 0.25) is 0 Å². The van der Waals surface area contributed by atoms with E-state index in [4.69, 9.17) is 4.74 Å². The van der Waals surface area contributed by atoms with Crippen LogP contribution in [0, 0.1) is 0 Å². The quantitative estimate of drug-likeness (QED) is 0.0299. The normalized spacial score (nSPS) is 10.7. The third-order valence-electron chi connectivity index (χ3n) is 8.20. The first-order valence-corrected chi connectivity index (χ1v) is 17.9. The number of esters is 2. The van der Waals surface area contributed by atoms with Crippen molar-refractivity contribution in [3.05, 3.63) is 0 Å². The topological polar surface area (TPSA) is 43.4 Å². The van der Waals surface area contributed by atoms with Crippen molar-refractivity contribution in [1.82, 2.24) is 0 Å². The Bertz CT molecular complexity index is 471. The van der Waals surface area contributed by atoms with E-state index in [-0.39, 0.29) is 98.6 Å². The predicted molar refractivity (Wildman–Crippen MR) is 187 cm³/mol. The van der Waals surface area contributed by atoms with Crippen LogP contribution in [0.5, 0.6) is 0 Å². The zero-order valence-corrected chi connectivity index (χ0v) is 26.9. The molecule has 41 heavy (non-hydrogen) atoms. The first-order valence-electron chi connectivity index (χ1n) is 17.9. The summed E-state index contributed by atoms with van der Waals surface area (Å²) >= 11 is 0. The molecule has 0 rings (SSSR count). The molecule has 0 aliphatic carbocycles. The van der Waals surface area contributed by atoms with Crippen LogP contribution in [0.4, 0.5) is 0 Å². The van der Waals surface area contributed by atoms with Gasteiger partial charge in [-0.25, -0.2) is 0 Å². The summed E-state index contributed by atoms with van der Waals surface area (Å²) in [6.07, 6.45) is 40.1. The van der Waals surface area contributed by atoms with Crippen LogP contribution >= 0.6 is 0 Å². The van der Waals surface area contributed by atoms with Crippen molar-refractivity contribution in [1.29, 1.82) is 0 Å². The van der Waals surface area contributed by atoms with Gasteiger partial charge in [-0.2, -0.15) is 0 Å². The van der Waals surface area contributed by atoms with Gasteiger partial charge in [0.2, 0.25) is 0 Å². The third-order valence-corrected chi connectivity index (χ3v) is 8.20. The number of hydrogen-bond donors (Lipinski definition) is 0. The summed E-state index contributed by atoms with van der Waals surface area (Å²) in [4.78, 5) is 23.8. The fourth-order valence-corrected chi connectivity index (χ4v) is 5.51. The molecule has 0 unspecified atom stereocenters. The summed E-state index contributed by atoms with van der Waals surface area (Å²) in [5.74, 6) is -0.647. The van der Waals surface area contributed by atoms with Gasteiger partial charge in [-0.15, -0.1) is 0 Å². The minimum atomic E-state index is -0.323. The van der Waals surface area contributed by atoms with E-state index in [1.165, 1.54) is 167 Å². The Labute approximate surface area is 328 Å². The molecule has 0 amide bonds. The van der Waals surface area contributed by atoms with E-state index < -0.39 is 0 Å². The average Bonchev–Trinajstić information content (AvgIpc) is 2.93. The van der Waals surface area contributed by atoms with Crippen LogP contribution in [0.1, 0.15) is 219 Å². The molecule has 240 valence electrons. The Morgan fingerprint density at radius 2 is 0.512 bits per heavy atom. The zero-order chi connectivity index (χ0) is 28.5. The van der Waals surface area contributed by atoms with Crippen molar-refractivity contribution in [3.8, 4) is 0 Å². The van der Waals surface area contributed by atoms with Crippen molar-refractivity contribution < 1.29 is 14.3 Å². The molecule has 0 N–H and O–H groups in total. The number of carbonyl (C=O) groups excluding carboxylic acids is 2. The predicted octanol–water partition coefficient (Wildman–Crippen LogP) is 10.7. The van der Waals surface area contributed by atoms with Crippen LogP contribution in [-0.4, -0.2) is 98.6 Å². The van der Waals surface area contributed by atoms with E-state index in [1.807, 2.05) is 0 Å². The molecule has 0 aliphatic heterocycles. The molecule has 0 spiro atoms. The molecule has 0 aromatic carbocycles. The van der Waals surface area contributed by atoms with Crippen LogP contribution in [0.25, 0.3) is 0 Å². The van der Waals surface area contributed by atoms with Gasteiger partial charge in [-0.1, -0.05) is 194 Å². The SMILES string of the molecule is CCCCCCCCCCCCCCCCCC(=O)OC(=O)CCCCCCCCCCCCCCCCC.[BaH2].[CaH2]. The van der Waals surface area contributed by atoms with Crippen LogP contribution in [0.15, 0.2) is 0 Å². The Kier molecular flexibility index (Phi) is 48.5. The Morgan fingerprint density at radius 3 is 0.707 bits per heavy atom. The molecule has 0 aliphatic rings. The molecule has 0 heterocycles. The fourth-order valence-electron chi connectivity index (χ4n) is 5.51.